The highest BCUT2D eigenvalue weighted by molar-refractivity contribution is 6.13. The lowest BCUT2D eigenvalue weighted by molar-refractivity contribution is 0.103. The Morgan fingerprint density at radius 3 is 2.26 bits per heavy atom. The van der Waals surface area contributed by atoms with Crippen molar-refractivity contribution >= 4 is 17.2 Å². The Morgan fingerprint density at radius 1 is 0.783 bits per heavy atom. The van der Waals surface area contributed by atoms with Gasteiger partial charge in [0.1, 0.15) is 11.5 Å². The first-order valence-electron chi connectivity index (χ1n) is 7.17. The van der Waals surface area contributed by atoms with Crippen LogP contribution in [0.25, 0.3) is 0 Å². The van der Waals surface area contributed by atoms with Gasteiger partial charge in [0.05, 0.1) is 11.4 Å². The van der Waals surface area contributed by atoms with Crippen LogP contribution < -0.4 is 16.2 Å². The van der Waals surface area contributed by atoms with Gasteiger partial charge in [0, 0.05) is 11.1 Å². The first-order valence-corrected chi connectivity index (χ1v) is 7.17. The molecule has 4 nitrogen and oxygen atoms in total. The molecule has 3 rings (SSSR count). The van der Waals surface area contributed by atoms with E-state index >= 15 is 0 Å². The van der Waals surface area contributed by atoms with Gasteiger partial charge in [0.2, 0.25) is 0 Å². The Bertz CT molecular complexity index is 845. The number of anilines is 2. The van der Waals surface area contributed by atoms with Crippen LogP contribution in [0.4, 0.5) is 11.4 Å². The molecule has 0 aliphatic heterocycles. The number of hydrogen-bond donors (Lipinski definition) is 2. The number of carbonyl (C=O) groups excluding carboxylic acids is 1. The van der Waals surface area contributed by atoms with Crippen molar-refractivity contribution in [1.82, 2.24) is 0 Å². The van der Waals surface area contributed by atoms with Crippen LogP contribution in [0.15, 0.2) is 72.8 Å². The van der Waals surface area contributed by atoms with Crippen LogP contribution in [-0.2, 0) is 0 Å². The van der Waals surface area contributed by atoms with E-state index in [0.29, 0.717) is 34.0 Å². The van der Waals surface area contributed by atoms with Gasteiger partial charge in [-0.05, 0) is 36.4 Å². The molecule has 0 heterocycles. The van der Waals surface area contributed by atoms with Crippen molar-refractivity contribution in [2.24, 2.45) is 0 Å². The third-order valence-electron chi connectivity index (χ3n) is 3.46. The van der Waals surface area contributed by atoms with Gasteiger partial charge in [0.15, 0.2) is 5.78 Å². The van der Waals surface area contributed by atoms with Gasteiger partial charge in [-0.15, -0.1) is 0 Å². The Hall–Kier alpha value is -3.27. The number of ketones is 1. The van der Waals surface area contributed by atoms with Gasteiger partial charge < -0.3 is 16.2 Å². The molecular weight excluding hydrogens is 288 g/mol. The summed E-state index contributed by atoms with van der Waals surface area (Å²) in [6.45, 7) is 0. The van der Waals surface area contributed by atoms with Crippen molar-refractivity contribution in [2.75, 3.05) is 11.5 Å². The van der Waals surface area contributed by atoms with E-state index in [0.717, 1.165) is 0 Å². The second-order valence-electron chi connectivity index (χ2n) is 5.08. The molecule has 0 saturated heterocycles. The van der Waals surface area contributed by atoms with Crippen LogP contribution >= 0.6 is 0 Å². The van der Waals surface area contributed by atoms with E-state index in [2.05, 4.69) is 0 Å². The van der Waals surface area contributed by atoms with Crippen LogP contribution in [0.3, 0.4) is 0 Å². The van der Waals surface area contributed by atoms with Gasteiger partial charge in [-0.1, -0.05) is 36.4 Å². The largest absolute Gasteiger partial charge is 0.457 e. The number of nitrogen functional groups attached to an aromatic ring is 2. The molecule has 0 unspecified atom stereocenters. The van der Waals surface area contributed by atoms with Gasteiger partial charge >= 0.3 is 0 Å². The summed E-state index contributed by atoms with van der Waals surface area (Å²) >= 11 is 0. The zero-order valence-corrected chi connectivity index (χ0v) is 12.4. The average molecular weight is 304 g/mol. The van der Waals surface area contributed by atoms with Crippen molar-refractivity contribution in [2.45, 2.75) is 0 Å². The normalized spacial score (nSPS) is 10.3. The number of ether oxygens (including phenoxy) is 1. The van der Waals surface area contributed by atoms with Gasteiger partial charge in [-0.3, -0.25) is 4.79 Å². The molecule has 3 aromatic carbocycles. The Morgan fingerprint density at radius 2 is 1.48 bits per heavy atom. The highest BCUT2D eigenvalue weighted by Gasteiger charge is 2.14. The first kappa shape index (κ1) is 14.7. The minimum absolute atomic E-state index is 0.187. The fourth-order valence-electron chi connectivity index (χ4n) is 2.26. The van der Waals surface area contributed by atoms with E-state index in [9.17, 15) is 4.79 Å². The molecular formula is C19H16N2O2. The summed E-state index contributed by atoms with van der Waals surface area (Å²) in [5.74, 6) is 1.11. The predicted octanol–water partition coefficient (Wildman–Crippen LogP) is 3.87. The maximum atomic E-state index is 12.6. The van der Waals surface area contributed by atoms with Crippen LogP contribution in [0, 0.1) is 0 Å². The van der Waals surface area contributed by atoms with Gasteiger partial charge in [-0.25, -0.2) is 0 Å². The summed E-state index contributed by atoms with van der Waals surface area (Å²) in [5, 5.41) is 0. The van der Waals surface area contributed by atoms with Crippen molar-refractivity contribution in [1.29, 1.82) is 0 Å². The molecule has 0 fully saturated rings. The fraction of sp³-hybridized carbons (Fsp3) is 0. The highest BCUT2D eigenvalue weighted by atomic mass is 16.5. The molecule has 3 aromatic rings. The molecule has 0 aromatic heterocycles. The van der Waals surface area contributed by atoms with Crippen LogP contribution in [0.2, 0.25) is 0 Å². The molecule has 0 radical (unpaired) electrons. The molecule has 114 valence electrons. The van der Waals surface area contributed by atoms with Crippen molar-refractivity contribution in [3.63, 3.8) is 0 Å². The molecule has 23 heavy (non-hydrogen) atoms. The highest BCUT2D eigenvalue weighted by Crippen LogP contribution is 2.26. The molecule has 0 aliphatic rings. The smallest absolute Gasteiger partial charge is 0.195 e. The van der Waals surface area contributed by atoms with Crippen LogP contribution in [-0.4, -0.2) is 5.78 Å². The van der Waals surface area contributed by atoms with Crippen molar-refractivity contribution < 1.29 is 9.53 Å². The van der Waals surface area contributed by atoms with E-state index in [-0.39, 0.29) is 5.78 Å². The summed E-state index contributed by atoms with van der Waals surface area (Å²) < 4.78 is 5.75. The van der Waals surface area contributed by atoms with E-state index in [1.165, 1.54) is 0 Å². The maximum absolute atomic E-state index is 12.6. The molecule has 4 N–H and O–H groups in total. The minimum atomic E-state index is -0.187. The molecule has 0 saturated carbocycles. The zero-order valence-electron chi connectivity index (χ0n) is 12.4. The first-order chi connectivity index (χ1) is 11.1. The summed E-state index contributed by atoms with van der Waals surface area (Å²) in [6.07, 6.45) is 0. The number of rotatable bonds is 4. The molecule has 0 amide bonds. The zero-order chi connectivity index (χ0) is 16.2. The maximum Gasteiger partial charge on any atom is 0.195 e. The number of nitrogens with two attached hydrogens (primary N) is 2. The van der Waals surface area contributed by atoms with Gasteiger partial charge in [0.25, 0.3) is 0 Å². The van der Waals surface area contributed by atoms with E-state index in [1.807, 2.05) is 30.3 Å². The van der Waals surface area contributed by atoms with Crippen molar-refractivity contribution in [3.05, 3.63) is 83.9 Å². The lowest BCUT2D eigenvalue weighted by Gasteiger charge is -2.09. The standard InChI is InChI=1S/C19H16N2O2/c20-17-11-5-10-16(18(17)21)19(22)13-6-4-9-15(12-13)23-14-7-2-1-3-8-14/h1-12H,20-21H2. The summed E-state index contributed by atoms with van der Waals surface area (Å²) in [5.41, 5.74) is 13.3. The monoisotopic (exact) mass is 304 g/mol. The second-order valence-corrected chi connectivity index (χ2v) is 5.08. The topological polar surface area (TPSA) is 78.3 Å². The number of carbonyl (C=O) groups is 1. The molecule has 0 spiro atoms. The van der Waals surface area contributed by atoms with Crippen molar-refractivity contribution in [3.8, 4) is 11.5 Å². The van der Waals surface area contributed by atoms with Crippen LogP contribution in [0.5, 0.6) is 11.5 Å². The SMILES string of the molecule is Nc1cccc(C(=O)c2cccc(Oc3ccccc3)c2)c1N. The minimum Gasteiger partial charge on any atom is -0.457 e. The Labute approximate surface area is 134 Å². The molecule has 0 bridgehead atoms. The fourth-order valence-corrected chi connectivity index (χ4v) is 2.26. The number of para-hydroxylation sites is 2. The Kier molecular flexibility index (Phi) is 3.97. The summed E-state index contributed by atoms with van der Waals surface area (Å²) in [6, 6.07) is 21.4. The third kappa shape index (κ3) is 3.16. The molecule has 0 atom stereocenters. The summed E-state index contributed by atoms with van der Waals surface area (Å²) in [4.78, 5) is 12.6. The predicted molar refractivity (Wildman–Crippen MR) is 91.7 cm³/mol. The second kappa shape index (κ2) is 6.23. The number of hydrogen-bond acceptors (Lipinski definition) is 4. The lowest BCUT2D eigenvalue weighted by Crippen LogP contribution is -2.07. The van der Waals surface area contributed by atoms with E-state index in [4.69, 9.17) is 16.2 Å². The third-order valence-corrected chi connectivity index (χ3v) is 3.46. The lowest BCUT2D eigenvalue weighted by atomic mass is 10.0. The van der Waals surface area contributed by atoms with Gasteiger partial charge in [-0.2, -0.15) is 0 Å². The molecule has 0 aliphatic carbocycles. The number of benzene rings is 3. The van der Waals surface area contributed by atoms with Crippen LogP contribution in [0.1, 0.15) is 15.9 Å². The van der Waals surface area contributed by atoms with E-state index in [1.54, 1.807) is 42.5 Å². The quantitative estimate of drug-likeness (QED) is 0.566. The molecule has 4 heteroatoms. The average Bonchev–Trinajstić information content (AvgIpc) is 2.58. The Balaban J connectivity index is 1.90. The van der Waals surface area contributed by atoms with E-state index < -0.39 is 0 Å². The summed E-state index contributed by atoms with van der Waals surface area (Å²) in [7, 11) is 0.